The molecule has 7 heteroatoms. The second-order valence-corrected chi connectivity index (χ2v) is 5.85. The van der Waals surface area contributed by atoms with Crippen molar-refractivity contribution in [2.24, 2.45) is 0 Å². The number of benzene rings is 1. The molecular formula is C14H16ClF2NO3. The van der Waals surface area contributed by atoms with Crippen LogP contribution < -0.4 is 0 Å². The molecular weight excluding hydrogens is 304 g/mol. The molecule has 2 rings (SSSR count). The van der Waals surface area contributed by atoms with Gasteiger partial charge in [-0.1, -0.05) is 17.7 Å². The summed E-state index contributed by atoms with van der Waals surface area (Å²) in [5.74, 6) is -2.24. The second kappa shape index (κ2) is 5.87. The maximum atomic E-state index is 13.8. The zero-order valence-corrected chi connectivity index (χ0v) is 12.2. The summed E-state index contributed by atoms with van der Waals surface area (Å²) in [6.07, 6.45) is -1.11. The van der Waals surface area contributed by atoms with Crippen LogP contribution in [0.5, 0.6) is 0 Å². The minimum absolute atomic E-state index is 0.00164. The van der Waals surface area contributed by atoms with E-state index in [4.69, 9.17) is 11.6 Å². The fourth-order valence-corrected chi connectivity index (χ4v) is 2.41. The molecule has 0 spiro atoms. The molecule has 2 atom stereocenters. The highest BCUT2D eigenvalue weighted by atomic mass is 35.5. The van der Waals surface area contributed by atoms with Crippen molar-refractivity contribution in [2.75, 3.05) is 13.1 Å². The zero-order chi connectivity index (χ0) is 15.8. The number of piperidine rings is 1. The summed E-state index contributed by atoms with van der Waals surface area (Å²) in [5, 5.41) is 19.0. The highest BCUT2D eigenvalue weighted by molar-refractivity contribution is 6.31. The third-order valence-electron chi connectivity index (χ3n) is 3.81. The predicted molar refractivity (Wildman–Crippen MR) is 72.9 cm³/mol. The summed E-state index contributed by atoms with van der Waals surface area (Å²) >= 11 is 5.46. The van der Waals surface area contributed by atoms with E-state index >= 15 is 0 Å². The second-order valence-electron chi connectivity index (χ2n) is 5.47. The summed E-state index contributed by atoms with van der Waals surface area (Å²) in [7, 11) is 0. The molecule has 1 aromatic carbocycles. The van der Waals surface area contributed by atoms with Gasteiger partial charge in [-0.05, 0) is 25.0 Å². The third-order valence-corrected chi connectivity index (χ3v) is 4.16. The van der Waals surface area contributed by atoms with Gasteiger partial charge in [-0.25, -0.2) is 8.78 Å². The SMILES string of the molecule is C[C@@]1(O)CCN(C(=O)Cc2ccc(F)c(Cl)c2F)C[C@@H]1O. The minimum Gasteiger partial charge on any atom is -0.388 e. The fourth-order valence-electron chi connectivity index (χ4n) is 2.23. The highest BCUT2D eigenvalue weighted by Crippen LogP contribution is 2.25. The Balaban J connectivity index is 2.08. The van der Waals surface area contributed by atoms with Crippen LogP contribution in [-0.2, 0) is 11.2 Å². The Morgan fingerprint density at radius 1 is 1.52 bits per heavy atom. The van der Waals surface area contributed by atoms with Crippen LogP contribution in [0, 0.1) is 11.6 Å². The van der Waals surface area contributed by atoms with Crippen LogP contribution in [0.2, 0.25) is 5.02 Å². The zero-order valence-electron chi connectivity index (χ0n) is 11.4. The summed E-state index contributed by atoms with van der Waals surface area (Å²) in [6, 6.07) is 2.18. The predicted octanol–water partition coefficient (Wildman–Crippen LogP) is 1.50. The molecule has 1 heterocycles. The first-order chi connectivity index (χ1) is 9.72. The van der Waals surface area contributed by atoms with E-state index in [0.717, 1.165) is 6.07 Å². The topological polar surface area (TPSA) is 60.8 Å². The Morgan fingerprint density at radius 2 is 2.19 bits per heavy atom. The third kappa shape index (κ3) is 3.33. The number of likely N-dealkylation sites (tertiary alicyclic amines) is 1. The maximum Gasteiger partial charge on any atom is 0.227 e. The van der Waals surface area contributed by atoms with Gasteiger partial charge in [0.2, 0.25) is 5.91 Å². The largest absolute Gasteiger partial charge is 0.388 e. The number of nitrogens with zero attached hydrogens (tertiary/aromatic N) is 1. The molecule has 0 unspecified atom stereocenters. The van der Waals surface area contributed by atoms with Gasteiger partial charge in [-0.2, -0.15) is 0 Å². The van der Waals surface area contributed by atoms with Crippen LogP contribution in [-0.4, -0.2) is 45.8 Å². The van der Waals surface area contributed by atoms with Crippen molar-refractivity contribution in [3.8, 4) is 0 Å². The lowest BCUT2D eigenvalue weighted by Crippen LogP contribution is -2.55. The van der Waals surface area contributed by atoms with Gasteiger partial charge in [0.15, 0.2) is 0 Å². The molecule has 1 fully saturated rings. The lowest BCUT2D eigenvalue weighted by molar-refractivity contribution is -0.145. The summed E-state index contributed by atoms with van der Waals surface area (Å²) in [5.41, 5.74) is -1.24. The van der Waals surface area contributed by atoms with Crippen molar-refractivity contribution >= 4 is 17.5 Å². The quantitative estimate of drug-likeness (QED) is 0.812. The number of carbonyl (C=O) groups is 1. The van der Waals surface area contributed by atoms with Crippen molar-refractivity contribution in [3.05, 3.63) is 34.4 Å². The Hall–Kier alpha value is -1.24. The molecule has 0 radical (unpaired) electrons. The summed E-state index contributed by atoms with van der Waals surface area (Å²) in [6.45, 7) is 1.74. The maximum absolute atomic E-state index is 13.8. The first-order valence-electron chi connectivity index (χ1n) is 6.53. The van der Waals surface area contributed by atoms with E-state index in [0.29, 0.717) is 0 Å². The molecule has 2 N–H and O–H groups in total. The molecule has 0 aromatic heterocycles. The number of halogens is 3. The lowest BCUT2D eigenvalue weighted by Gasteiger charge is -2.40. The molecule has 0 aliphatic carbocycles. The van der Waals surface area contributed by atoms with E-state index in [1.165, 1.54) is 17.9 Å². The normalized spacial score (nSPS) is 26.0. The monoisotopic (exact) mass is 319 g/mol. The van der Waals surface area contributed by atoms with E-state index < -0.39 is 34.3 Å². The van der Waals surface area contributed by atoms with Crippen molar-refractivity contribution in [1.82, 2.24) is 4.90 Å². The molecule has 1 saturated heterocycles. The number of aliphatic hydroxyl groups excluding tert-OH is 1. The van der Waals surface area contributed by atoms with Crippen molar-refractivity contribution in [3.63, 3.8) is 0 Å². The van der Waals surface area contributed by atoms with E-state index in [1.54, 1.807) is 0 Å². The Kier molecular flexibility index (Phi) is 4.51. The number of hydrogen-bond donors (Lipinski definition) is 2. The van der Waals surface area contributed by atoms with Crippen molar-refractivity contribution < 1.29 is 23.8 Å². The first-order valence-corrected chi connectivity index (χ1v) is 6.91. The number of amides is 1. The fraction of sp³-hybridized carbons (Fsp3) is 0.500. The van der Waals surface area contributed by atoms with Crippen LogP contribution in [0.15, 0.2) is 12.1 Å². The number of hydrogen-bond acceptors (Lipinski definition) is 3. The van der Waals surface area contributed by atoms with Crippen molar-refractivity contribution in [1.29, 1.82) is 0 Å². The van der Waals surface area contributed by atoms with E-state index in [9.17, 15) is 23.8 Å². The van der Waals surface area contributed by atoms with Gasteiger partial charge in [0, 0.05) is 13.1 Å². The number of aliphatic hydroxyl groups is 2. The van der Waals surface area contributed by atoms with E-state index in [2.05, 4.69) is 0 Å². The smallest absolute Gasteiger partial charge is 0.227 e. The Labute approximate surface area is 125 Å². The van der Waals surface area contributed by atoms with Gasteiger partial charge in [-0.15, -0.1) is 0 Å². The molecule has 0 saturated carbocycles. The molecule has 0 bridgehead atoms. The molecule has 4 nitrogen and oxygen atoms in total. The molecule has 1 aliphatic heterocycles. The number of rotatable bonds is 2. The summed E-state index contributed by atoms with van der Waals surface area (Å²) in [4.78, 5) is 13.4. The average molecular weight is 320 g/mol. The molecule has 1 amide bonds. The van der Waals surface area contributed by atoms with Gasteiger partial charge in [0.25, 0.3) is 0 Å². The van der Waals surface area contributed by atoms with Gasteiger partial charge in [-0.3, -0.25) is 4.79 Å². The summed E-state index contributed by atoms with van der Waals surface area (Å²) < 4.78 is 26.8. The number of β-amino-alcohol motifs (C(OH)–C–C–N with tert-alkyl or cyclic N) is 1. The van der Waals surface area contributed by atoms with Gasteiger partial charge in [0.1, 0.15) is 16.7 Å². The van der Waals surface area contributed by atoms with Crippen LogP contribution in [0.4, 0.5) is 8.78 Å². The molecule has 1 aromatic rings. The number of carbonyl (C=O) groups excluding carboxylic acids is 1. The minimum atomic E-state index is -1.23. The van der Waals surface area contributed by atoms with Crippen LogP contribution >= 0.6 is 11.6 Å². The first kappa shape index (κ1) is 16.1. The standard InChI is InChI=1S/C14H16ClF2NO3/c1-14(21)4-5-18(7-10(14)19)11(20)6-8-2-3-9(16)12(15)13(8)17/h2-3,10,19,21H,4-7H2,1H3/t10-,14+/m0/s1. The van der Waals surface area contributed by atoms with Crippen LogP contribution in [0.3, 0.4) is 0 Å². The lowest BCUT2D eigenvalue weighted by atomic mass is 9.90. The molecule has 21 heavy (non-hydrogen) atoms. The Morgan fingerprint density at radius 3 is 2.81 bits per heavy atom. The van der Waals surface area contributed by atoms with E-state index in [1.807, 2.05) is 0 Å². The van der Waals surface area contributed by atoms with Gasteiger partial charge < -0.3 is 15.1 Å². The average Bonchev–Trinajstić information content (AvgIpc) is 2.42. The van der Waals surface area contributed by atoms with E-state index in [-0.39, 0.29) is 31.5 Å². The van der Waals surface area contributed by atoms with Crippen LogP contribution in [0.1, 0.15) is 18.9 Å². The van der Waals surface area contributed by atoms with Crippen molar-refractivity contribution in [2.45, 2.75) is 31.5 Å². The van der Waals surface area contributed by atoms with Gasteiger partial charge >= 0.3 is 0 Å². The Bertz CT molecular complexity index is 565. The molecule has 116 valence electrons. The van der Waals surface area contributed by atoms with Crippen LogP contribution in [0.25, 0.3) is 0 Å². The highest BCUT2D eigenvalue weighted by Gasteiger charge is 2.37. The van der Waals surface area contributed by atoms with Gasteiger partial charge in [0.05, 0.1) is 18.1 Å². The molecule has 1 aliphatic rings.